The average molecular weight is 228 g/mol. The van der Waals surface area contributed by atoms with E-state index >= 15 is 0 Å². The fourth-order valence-corrected chi connectivity index (χ4v) is 3.04. The Balaban J connectivity index is 2.38. The summed E-state index contributed by atoms with van der Waals surface area (Å²) in [5, 5.41) is 13.5. The Kier molecular flexibility index (Phi) is 2.67. The summed E-state index contributed by atoms with van der Waals surface area (Å²) in [6, 6.07) is 3.31. The molecule has 4 heteroatoms. The van der Waals surface area contributed by atoms with Crippen LogP contribution in [0.2, 0.25) is 0 Å². The van der Waals surface area contributed by atoms with Crippen molar-refractivity contribution in [1.82, 2.24) is 0 Å². The minimum Gasteiger partial charge on any atom is -0.382 e. The highest BCUT2D eigenvalue weighted by Gasteiger charge is 2.18. The van der Waals surface area contributed by atoms with Gasteiger partial charge < -0.3 is 5.11 Å². The maximum absolute atomic E-state index is 13.2. The van der Waals surface area contributed by atoms with Crippen LogP contribution in [-0.4, -0.2) is 5.11 Å². The third kappa shape index (κ3) is 1.61. The molecule has 0 aromatic carbocycles. The van der Waals surface area contributed by atoms with Crippen molar-refractivity contribution in [1.29, 1.82) is 0 Å². The summed E-state index contributed by atoms with van der Waals surface area (Å²) >= 11 is 2.70. The van der Waals surface area contributed by atoms with E-state index in [2.05, 4.69) is 0 Å². The molecule has 0 saturated carbocycles. The van der Waals surface area contributed by atoms with Crippen LogP contribution in [0, 0.1) is 12.7 Å². The molecule has 0 aliphatic heterocycles. The van der Waals surface area contributed by atoms with Gasteiger partial charge in [-0.05, 0) is 35.4 Å². The van der Waals surface area contributed by atoms with Crippen molar-refractivity contribution in [2.75, 3.05) is 0 Å². The van der Waals surface area contributed by atoms with Crippen molar-refractivity contribution in [3.63, 3.8) is 0 Å². The predicted molar refractivity (Wildman–Crippen MR) is 57.4 cm³/mol. The van der Waals surface area contributed by atoms with Crippen molar-refractivity contribution in [3.8, 4) is 0 Å². The van der Waals surface area contributed by atoms with E-state index in [9.17, 15) is 9.50 Å². The monoisotopic (exact) mass is 228 g/mol. The van der Waals surface area contributed by atoms with Crippen molar-refractivity contribution in [2.24, 2.45) is 0 Å². The van der Waals surface area contributed by atoms with Gasteiger partial charge in [0.2, 0.25) is 0 Å². The van der Waals surface area contributed by atoms with Gasteiger partial charge >= 0.3 is 0 Å². The van der Waals surface area contributed by atoms with Crippen molar-refractivity contribution in [3.05, 3.63) is 44.0 Å². The van der Waals surface area contributed by atoms with Gasteiger partial charge in [0, 0.05) is 4.88 Å². The minimum atomic E-state index is -0.810. The van der Waals surface area contributed by atoms with Crippen LogP contribution in [0.1, 0.15) is 21.4 Å². The number of aliphatic hydroxyl groups is 1. The Hall–Kier alpha value is -0.710. The molecule has 0 aliphatic rings. The highest BCUT2D eigenvalue weighted by Crippen LogP contribution is 2.33. The summed E-state index contributed by atoms with van der Waals surface area (Å²) in [5.74, 6) is -0.324. The number of hydrogen-bond acceptors (Lipinski definition) is 3. The van der Waals surface area contributed by atoms with Crippen LogP contribution in [0.5, 0.6) is 0 Å². The predicted octanol–water partition coefficient (Wildman–Crippen LogP) is 3.34. The largest absolute Gasteiger partial charge is 0.382 e. The fourth-order valence-electron chi connectivity index (χ4n) is 1.28. The Morgan fingerprint density at radius 1 is 1.21 bits per heavy atom. The minimum absolute atomic E-state index is 0.324. The van der Waals surface area contributed by atoms with Gasteiger partial charge in [-0.15, -0.1) is 22.7 Å². The standard InChI is InChI=1S/C10H9FOS2/c1-6-2-4-13-9(6)8(12)10-7(11)3-5-14-10/h2-5,8,12H,1H3. The molecule has 0 aliphatic carbocycles. The molecule has 2 rings (SSSR count). The number of aliphatic hydroxyl groups excluding tert-OH is 1. The van der Waals surface area contributed by atoms with Gasteiger partial charge in [-0.1, -0.05) is 0 Å². The number of aryl methyl sites for hydroxylation is 1. The van der Waals surface area contributed by atoms with Crippen LogP contribution < -0.4 is 0 Å². The van der Waals surface area contributed by atoms with E-state index in [4.69, 9.17) is 0 Å². The molecule has 1 unspecified atom stereocenters. The molecule has 2 heterocycles. The van der Waals surface area contributed by atoms with E-state index in [1.54, 1.807) is 5.38 Å². The molecule has 0 fully saturated rings. The van der Waals surface area contributed by atoms with Crippen LogP contribution in [0.25, 0.3) is 0 Å². The molecule has 1 nitrogen and oxygen atoms in total. The molecule has 1 atom stereocenters. The van der Waals surface area contributed by atoms with Gasteiger partial charge in [0.25, 0.3) is 0 Å². The number of hydrogen-bond donors (Lipinski definition) is 1. The lowest BCUT2D eigenvalue weighted by Crippen LogP contribution is -1.97. The highest BCUT2D eigenvalue weighted by molar-refractivity contribution is 7.11. The van der Waals surface area contributed by atoms with Crippen LogP contribution in [0.15, 0.2) is 22.9 Å². The second kappa shape index (κ2) is 3.81. The molecule has 2 aromatic rings. The molecule has 0 saturated heterocycles. The number of thiophene rings is 2. The molecule has 74 valence electrons. The summed E-state index contributed by atoms with van der Waals surface area (Å²) < 4.78 is 13.2. The van der Waals surface area contributed by atoms with Crippen LogP contribution >= 0.6 is 22.7 Å². The third-order valence-corrected chi connectivity index (χ3v) is 4.06. The molecular formula is C10H9FOS2. The van der Waals surface area contributed by atoms with Gasteiger partial charge in [0.05, 0.1) is 4.88 Å². The van der Waals surface area contributed by atoms with E-state index < -0.39 is 6.10 Å². The summed E-state index contributed by atoms with van der Waals surface area (Å²) in [6.45, 7) is 1.92. The first-order valence-electron chi connectivity index (χ1n) is 4.15. The quantitative estimate of drug-likeness (QED) is 0.835. The Morgan fingerprint density at radius 2 is 1.86 bits per heavy atom. The van der Waals surface area contributed by atoms with Gasteiger partial charge in [-0.3, -0.25) is 0 Å². The zero-order valence-corrected chi connectivity index (χ0v) is 9.16. The van der Waals surface area contributed by atoms with E-state index in [1.165, 1.54) is 28.7 Å². The lowest BCUT2D eigenvalue weighted by atomic mass is 10.2. The zero-order chi connectivity index (χ0) is 10.1. The van der Waals surface area contributed by atoms with Crippen LogP contribution in [-0.2, 0) is 0 Å². The summed E-state index contributed by atoms with van der Waals surface area (Å²) in [7, 11) is 0. The van der Waals surface area contributed by atoms with E-state index in [0.717, 1.165) is 10.4 Å². The normalized spacial score (nSPS) is 13.1. The smallest absolute Gasteiger partial charge is 0.140 e. The summed E-state index contributed by atoms with van der Waals surface area (Å²) in [6.07, 6.45) is -0.810. The number of halogens is 1. The van der Waals surface area contributed by atoms with E-state index in [1.807, 2.05) is 18.4 Å². The highest BCUT2D eigenvalue weighted by atomic mass is 32.1. The SMILES string of the molecule is Cc1ccsc1C(O)c1sccc1F. The first-order valence-corrected chi connectivity index (χ1v) is 5.91. The van der Waals surface area contributed by atoms with E-state index in [0.29, 0.717) is 4.88 Å². The fraction of sp³-hybridized carbons (Fsp3) is 0.200. The second-order valence-electron chi connectivity index (χ2n) is 3.00. The first-order chi connectivity index (χ1) is 6.70. The van der Waals surface area contributed by atoms with Gasteiger partial charge in [0.15, 0.2) is 0 Å². The lowest BCUT2D eigenvalue weighted by molar-refractivity contribution is 0.222. The summed E-state index contributed by atoms with van der Waals surface area (Å²) in [5.41, 5.74) is 1.01. The van der Waals surface area contributed by atoms with Gasteiger partial charge in [-0.25, -0.2) is 4.39 Å². The molecule has 0 amide bonds. The van der Waals surface area contributed by atoms with Crippen molar-refractivity contribution in [2.45, 2.75) is 13.0 Å². The molecule has 0 radical (unpaired) electrons. The lowest BCUT2D eigenvalue weighted by Gasteiger charge is -2.07. The van der Waals surface area contributed by atoms with E-state index in [-0.39, 0.29) is 5.82 Å². The van der Waals surface area contributed by atoms with Crippen molar-refractivity contribution < 1.29 is 9.50 Å². The molecule has 0 spiro atoms. The molecule has 2 aromatic heterocycles. The summed E-state index contributed by atoms with van der Waals surface area (Å²) in [4.78, 5) is 1.22. The Labute approximate surface area is 89.5 Å². The molecule has 0 bridgehead atoms. The Morgan fingerprint density at radius 3 is 2.36 bits per heavy atom. The maximum Gasteiger partial charge on any atom is 0.140 e. The average Bonchev–Trinajstić information content (AvgIpc) is 2.73. The molecular weight excluding hydrogens is 219 g/mol. The first kappa shape index (κ1) is 9.83. The van der Waals surface area contributed by atoms with Gasteiger partial charge in [-0.2, -0.15) is 0 Å². The maximum atomic E-state index is 13.2. The molecule has 1 N–H and O–H groups in total. The third-order valence-electron chi connectivity index (χ3n) is 2.04. The topological polar surface area (TPSA) is 20.2 Å². The second-order valence-corrected chi connectivity index (χ2v) is 4.90. The van der Waals surface area contributed by atoms with Crippen LogP contribution in [0.3, 0.4) is 0 Å². The van der Waals surface area contributed by atoms with Gasteiger partial charge in [0.1, 0.15) is 11.9 Å². The van der Waals surface area contributed by atoms with Crippen LogP contribution in [0.4, 0.5) is 4.39 Å². The Bertz CT molecular complexity index is 393. The number of rotatable bonds is 2. The molecule has 14 heavy (non-hydrogen) atoms. The van der Waals surface area contributed by atoms with Crippen molar-refractivity contribution >= 4 is 22.7 Å². The zero-order valence-electron chi connectivity index (χ0n) is 7.53.